The third kappa shape index (κ3) is 4.43. The van der Waals surface area contributed by atoms with Gasteiger partial charge < -0.3 is 4.42 Å². The fourth-order valence-corrected chi connectivity index (χ4v) is 2.44. The van der Waals surface area contributed by atoms with Crippen molar-refractivity contribution in [3.05, 3.63) is 82.5 Å². The molecule has 120 valence electrons. The Morgan fingerprint density at radius 1 is 1.04 bits per heavy atom. The van der Waals surface area contributed by atoms with E-state index in [1.165, 1.54) is 6.21 Å². The standard InChI is InChI=1S/C19H15BrN2O2/c20-16-8-6-15(7-9-16)18-11-10-17(24-18)13-21-22-19(23)12-14-4-2-1-3-5-14/h1-11,13H,12H2,(H,22,23). The zero-order valence-electron chi connectivity index (χ0n) is 12.8. The third-order valence-electron chi connectivity index (χ3n) is 3.34. The molecule has 1 aromatic heterocycles. The summed E-state index contributed by atoms with van der Waals surface area (Å²) in [6.07, 6.45) is 1.78. The maximum absolute atomic E-state index is 11.8. The summed E-state index contributed by atoms with van der Waals surface area (Å²) in [5.41, 5.74) is 4.42. The molecule has 0 aliphatic heterocycles. The maximum Gasteiger partial charge on any atom is 0.244 e. The SMILES string of the molecule is O=C(Cc1ccccc1)NN=Cc1ccc(-c2ccc(Br)cc2)o1. The summed E-state index contributed by atoms with van der Waals surface area (Å²) in [7, 11) is 0. The van der Waals surface area contributed by atoms with Crippen LogP contribution in [-0.2, 0) is 11.2 Å². The molecular formula is C19H15BrN2O2. The average molecular weight is 383 g/mol. The van der Waals surface area contributed by atoms with Crippen LogP contribution in [0.1, 0.15) is 11.3 Å². The van der Waals surface area contributed by atoms with Gasteiger partial charge in [0, 0.05) is 10.0 Å². The predicted octanol–water partition coefficient (Wildman–Crippen LogP) is 4.40. The Morgan fingerprint density at radius 3 is 2.54 bits per heavy atom. The second kappa shape index (κ2) is 7.75. The van der Waals surface area contributed by atoms with Crippen molar-refractivity contribution in [1.29, 1.82) is 0 Å². The van der Waals surface area contributed by atoms with Gasteiger partial charge in [-0.1, -0.05) is 58.4 Å². The first-order valence-electron chi connectivity index (χ1n) is 7.42. The minimum Gasteiger partial charge on any atom is -0.455 e. The van der Waals surface area contributed by atoms with Crippen molar-refractivity contribution < 1.29 is 9.21 Å². The van der Waals surface area contributed by atoms with Crippen LogP contribution in [0.25, 0.3) is 11.3 Å². The van der Waals surface area contributed by atoms with Gasteiger partial charge in [-0.3, -0.25) is 4.79 Å². The van der Waals surface area contributed by atoms with E-state index in [2.05, 4.69) is 26.5 Å². The van der Waals surface area contributed by atoms with E-state index in [9.17, 15) is 4.79 Å². The zero-order chi connectivity index (χ0) is 16.8. The molecule has 0 aliphatic rings. The van der Waals surface area contributed by atoms with E-state index in [1.54, 1.807) is 0 Å². The highest BCUT2D eigenvalue weighted by Gasteiger charge is 2.04. The number of carbonyl (C=O) groups is 1. The van der Waals surface area contributed by atoms with Crippen LogP contribution in [0.4, 0.5) is 0 Å². The summed E-state index contributed by atoms with van der Waals surface area (Å²) in [4.78, 5) is 11.8. The van der Waals surface area contributed by atoms with Crippen molar-refractivity contribution in [1.82, 2.24) is 5.43 Å². The molecule has 5 heteroatoms. The van der Waals surface area contributed by atoms with E-state index >= 15 is 0 Å². The van der Waals surface area contributed by atoms with Gasteiger partial charge in [-0.05, 0) is 29.8 Å². The summed E-state index contributed by atoms with van der Waals surface area (Å²) in [5, 5.41) is 3.93. The van der Waals surface area contributed by atoms with Crippen LogP contribution in [0.15, 0.2) is 80.7 Å². The van der Waals surface area contributed by atoms with Gasteiger partial charge in [0.25, 0.3) is 0 Å². The molecule has 0 saturated carbocycles. The first-order valence-corrected chi connectivity index (χ1v) is 8.21. The van der Waals surface area contributed by atoms with E-state index in [1.807, 2.05) is 66.7 Å². The number of furan rings is 1. The van der Waals surface area contributed by atoms with E-state index in [4.69, 9.17) is 4.42 Å². The van der Waals surface area contributed by atoms with Gasteiger partial charge in [0.15, 0.2) is 0 Å². The molecule has 3 rings (SSSR count). The van der Waals surface area contributed by atoms with Crippen molar-refractivity contribution in [2.24, 2.45) is 5.10 Å². The molecular weight excluding hydrogens is 368 g/mol. The van der Waals surface area contributed by atoms with E-state index in [-0.39, 0.29) is 5.91 Å². The molecule has 0 aliphatic carbocycles. The van der Waals surface area contributed by atoms with Crippen LogP contribution in [0.3, 0.4) is 0 Å². The van der Waals surface area contributed by atoms with Crippen LogP contribution >= 0.6 is 15.9 Å². The number of nitrogens with zero attached hydrogens (tertiary/aromatic N) is 1. The monoisotopic (exact) mass is 382 g/mol. The van der Waals surface area contributed by atoms with Crippen LogP contribution in [0.5, 0.6) is 0 Å². The molecule has 1 heterocycles. The van der Waals surface area contributed by atoms with Crippen LogP contribution in [0.2, 0.25) is 0 Å². The van der Waals surface area contributed by atoms with Gasteiger partial charge >= 0.3 is 0 Å². The van der Waals surface area contributed by atoms with Crippen molar-refractivity contribution in [2.45, 2.75) is 6.42 Å². The number of amides is 1. The molecule has 4 nitrogen and oxygen atoms in total. The summed E-state index contributed by atoms with van der Waals surface area (Å²) in [6.45, 7) is 0. The van der Waals surface area contributed by atoms with E-state index in [0.29, 0.717) is 12.2 Å². The van der Waals surface area contributed by atoms with E-state index < -0.39 is 0 Å². The normalized spacial score (nSPS) is 10.9. The molecule has 24 heavy (non-hydrogen) atoms. The molecule has 0 unspecified atom stereocenters. The Balaban J connectivity index is 1.57. The Hall–Kier alpha value is -2.66. The van der Waals surface area contributed by atoms with Crippen molar-refractivity contribution in [3.63, 3.8) is 0 Å². The lowest BCUT2D eigenvalue weighted by molar-refractivity contribution is -0.120. The molecule has 0 radical (unpaired) electrons. The zero-order valence-corrected chi connectivity index (χ0v) is 14.4. The Bertz CT molecular complexity index is 839. The first kappa shape index (κ1) is 16.2. The molecule has 0 bridgehead atoms. The number of halogens is 1. The number of hydrogen-bond acceptors (Lipinski definition) is 3. The lowest BCUT2D eigenvalue weighted by Gasteiger charge is -1.99. The average Bonchev–Trinajstić information content (AvgIpc) is 3.05. The molecule has 0 fully saturated rings. The van der Waals surface area contributed by atoms with Crippen LogP contribution < -0.4 is 5.43 Å². The molecule has 0 atom stereocenters. The molecule has 3 aromatic rings. The molecule has 0 saturated heterocycles. The second-order valence-electron chi connectivity index (χ2n) is 5.16. The first-order chi connectivity index (χ1) is 11.7. The lowest BCUT2D eigenvalue weighted by atomic mass is 10.1. The molecule has 0 spiro atoms. The minimum absolute atomic E-state index is 0.169. The van der Waals surface area contributed by atoms with Gasteiger partial charge in [-0.15, -0.1) is 0 Å². The number of nitrogens with one attached hydrogen (secondary N) is 1. The highest BCUT2D eigenvalue weighted by Crippen LogP contribution is 2.23. The summed E-state index contributed by atoms with van der Waals surface area (Å²) < 4.78 is 6.71. The van der Waals surface area contributed by atoms with E-state index in [0.717, 1.165) is 21.4 Å². The predicted molar refractivity (Wildman–Crippen MR) is 97.7 cm³/mol. The number of carbonyl (C=O) groups excluding carboxylic acids is 1. The minimum atomic E-state index is -0.169. The third-order valence-corrected chi connectivity index (χ3v) is 3.87. The fraction of sp³-hybridized carbons (Fsp3) is 0.0526. The quantitative estimate of drug-likeness (QED) is 0.525. The van der Waals surface area contributed by atoms with Crippen molar-refractivity contribution >= 4 is 28.1 Å². The number of hydrogen-bond donors (Lipinski definition) is 1. The Kier molecular flexibility index (Phi) is 5.23. The fourth-order valence-electron chi connectivity index (χ4n) is 2.18. The summed E-state index contributed by atoms with van der Waals surface area (Å²) >= 11 is 3.40. The topological polar surface area (TPSA) is 54.6 Å². The van der Waals surface area contributed by atoms with Crippen molar-refractivity contribution in [3.8, 4) is 11.3 Å². The molecule has 2 aromatic carbocycles. The highest BCUT2D eigenvalue weighted by atomic mass is 79.9. The largest absolute Gasteiger partial charge is 0.455 e. The van der Waals surface area contributed by atoms with Gasteiger partial charge in [0.2, 0.25) is 5.91 Å². The highest BCUT2D eigenvalue weighted by molar-refractivity contribution is 9.10. The summed E-state index contributed by atoms with van der Waals surface area (Å²) in [5.74, 6) is 1.16. The Labute approximate surface area is 148 Å². The smallest absolute Gasteiger partial charge is 0.244 e. The maximum atomic E-state index is 11.8. The van der Waals surface area contributed by atoms with Gasteiger partial charge in [-0.25, -0.2) is 5.43 Å². The lowest BCUT2D eigenvalue weighted by Crippen LogP contribution is -2.19. The second-order valence-corrected chi connectivity index (χ2v) is 6.08. The summed E-state index contributed by atoms with van der Waals surface area (Å²) in [6, 6.07) is 21.0. The van der Waals surface area contributed by atoms with Gasteiger partial charge in [0.05, 0.1) is 12.6 Å². The van der Waals surface area contributed by atoms with Gasteiger partial charge in [0.1, 0.15) is 11.5 Å². The molecule has 1 amide bonds. The Morgan fingerprint density at radius 2 is 1.79 bits per heavy atom. The van der Waals surface area contributed by atoms with Crippen LogP contribution in [-0.4, -0.2) is 12.1 Å². The number of rotatable bonds is 5. The van der Waals surface area contributed by atoms with Gasteiger partial charge in [-0.2, -0.15) is 5.10 Å². The number of hydrazone groups is 1. The number of benzene rings is 2. The van der Waals surface area contributed by atoms with Crippen LogP contribution in [0, 0.1) is 0 Å². The van der Waals surface area contributed by atoms with Crippen molar-refractivity contribution in [2.75, 3.05) is 0 Å². The molecule has 1 N–H and O–H groups in total.